The molecule has 1 aromatic rings. The summed E-state index contributed by atoms with van der Waals surface area (Å²) in [6, 6.07) is 10.7. The van der Waals surface area contributed by atoms with Crippen molar-refractivity contribution in [3.05, 3.63) is 30.3 Å². The molecule has 6 heteroatoms. The van der Waals surface area contributed by atoms with Crippen LogP contribution >= 0.6 is 24.0 Å². The maximum absolute atomic E-state index is 5.29. The Balaban J connectivity index is 0.00000312. The second-order valence-electron chi connectivity index (χ2n) is 6.85. The highest BCUT2D eigenvalue weighted by Crippen LogP contribution is 2.17. The summed E-state index contributed by atoms with van der Waals surface area (Å²) >= 11 is 0. The first-order valence-corrected chi connectivity index (χ1v) is 8.90. The molecule has 0 amide bonds. The number of ether oxygens (including phenoxy) is 1. The number of likely N-dealkylation sites (tertiary alicyclic amines) is 1. The van der Waals surface area contributed by atoms with E-state index in [1.54, 1.807) is 7.11 Å². The molecule has 0 aliphatic carbocycles. The minimum atomic E-state index is 0. The van der Waals surface area contributed by atoms with Crippen LogP contribution in [0.4, 0.5) is 5.69 Å². The van der Waals surface area contributed by atoms with E-state index in [9.17, 15) is 0 Å². The highest BCUT2D eigenvalue weighted by atomic mass is 127. The summed E-state index contributed by atoms with van der Waals surface area (Å²) in [5.74, 6) is 2.13. The van der Waals surface area contributed by atoms with Gasteiger partial charge in [0.1, 0.15) is 0 Å². The Morgan fingerprint density at radius 3 is 2.64 bits per heavy atom. The molecule has 2 unspecified atom stereocenters. The van der Waals surface area contributed by atoms with Gasteiger partial charge in [0.2, 0.25) is 0 Å². The highest BCUT2D eigenvalue weighted by Gasteiger charge is 2.25. The van der Waals surface area contributed by atoms with Crippen LogP contribution in [0.5, 0.6) is 0 Å². The van der Waals surface area contributed by atoms with Crippen LogP contribution in [0.15, 0.2) is 35.3 Å². The molecule has 1 aromatic carbocycles. The fourth-order valence-electron chi connectivity index (χ4n) is 3.13. The first kappa shape index (κ1) is 22.0. The van der Waals surface area contributed by atoms with Crippen molar-refractivity contribution in [2.75, 3.05) is 45.7 Å². The third kappa shape index (κ3) is 7.01. The van der Waals surface area contributed by atoms with E-state index in [-0.39, 0.29) is 24.0 Å². The van der Waals surface area contributed by atoms with Crippen molar-refractivity contribution in [1.29, 1.82) is 0 Å². The average molecular weight is 460 g/mol. The fraction of sp³-hybridized carbons (Fsp3) is 0.632. The van der Waals surface area contributed by atoms with Gasteiger partial charge < -0.3 is 20.3 Å². The number of para-hydroxylation sites is 1. The van der Waals surface area contributed by atoms with Crippen molar-refractivity contribution in [1.82, 2.24) is 10.2 Å². The van der Waals surface area contributed by atoms with E-state index in [1.807, 2.05) is 13.1 Å². The number of methoxy groups -OCH3 is 1. The second-order valence-corrected chi connectivity index (χ2v) is 6.85. The Labute approximate surface area is 169 Å². The van der Waals surface area contributed by atoms with Gasteiger partial charge in [-0.1, -0.05) is 32.0 Å². The highest BCUT2D eigenvalue weighted by molar-refractivity contribution is 14.0. The molecule has 1 aliphatic rings. The molecule has 0 aromatic heterocycles. The number of nitrogens with zero attached hydrogens (tertiary/aromatic N) is 2. The number of hydrogen-bond donors (Lipinski definition) is 2. The van der Waals surface area contributed by atoms with E-state index in [0.717, 1.165) is 37.9 Å². The molecule has 142 valence electrons. The number of aliphatic imine (C=N–C) groups is 1. The van der Waals surface area contributed by atoms with Crippen molar-refractivity contribution >= 4 is 35.6 Å². The number of anilines is 1. The van der Waals surface area contributed by atoms with Gasteiger partial charge in [0, 0.05) is 51.4 Å². The zero-order chi connectivity index (χ0) is 17.4. The van der Waals surface area contributed by atoms with E-state index in [0.29, 0.717) is 17.9 Å². The summed E-state index contributed by atoms with van der Waals surface area (Å²) in [7, 11) is 3.64. The molecule has 1 fully saturated rings. The number of guanidine groups is 1. The predicted molar refractivity (Wildman–Crippen MR) is 117 cm³/mol. The summed E-state index contributed by atoms with van der Waals surface area (Å²) in [6.07, 6.45) is 1.17. The Morgan fingerprint density at radius 2 is 2.04 bits per heavy atom. The number of halogens is 1. The molecular formula is C19H33IN4O. The smallest absolute Gasteiger partial charge is 0.193 e. The zero-order valence-electron chi connectivity index (χ0n) is 15.9. The van der Waals surface area contributed by atoms with Gasteiger partial charge in [-0.2, -0.15) is 0 Å². The first-order valence-electron chi connectivity index (χ1n) is 8.90. The van der Waals surface area contributed by atoms with E-state index in [2.05, 4.69) is 58.6 Å². The Kier molecular flexibility index (Phi) is 10.2. The van der Waals surface area contributed by atoms with Gasteiger partial charge in [0.25, 0.3) is 0 Å². The van der Waals surface area contributed by atoms with Crippen LogP contribution in [-0.4, -0.2) is 57.3 Å². The van der Waals surface area contributed by atoms with Crippen LogP contribution in [0.1, 0.15) is 20.3 Å². The van der Waals surface area contributed by atoms with E-state index < -0.39 is 0 Å². The molecule has 0 saturated carbocycles. The fourth-order valence-corrected chi connectivity index (χ4v) is 3.13. The van der Waals surface area contributed by atoms with E-state index in [4.69, 9.17) is 4.74 Å². The number of rotatable bonds is 7. The number of nitrogens with one attached hydrogen (secondary N) is 2. The summed E-state index contributed by atoms with van der Waals surface area (Å²) < 4.78 is 5.29. The summed E-state index contributed by atoms with van der Waals surface area (Å²) in [5.41, 5.74) is 1.16. The topological polar surface area (TPSA) is 48.9 Å². The minimum Gasteiger partial charge on any atom is -0.384 e. The molecule has 5 nitrogen and oxygen atoms in total. The lowest BCUT2D eigenvalue weighted by atomic mass is 10.0. The van der Waals surface area contributed by atoms with Crippen molar-refractivity contribution in [2.45, 2.75) is 26.3 Å². The van der Waals surface area contributed by atoms with Gasteiger partial charge in [-0.25, -0.2) is 0 Å². The van der Waals surface area contributed by atoms with Crippen molar-refractivity contribution < 1.29 is 4.74 Å². The second kappa shape index (κ2) is 11.6. The number of hydrogen-bond acceptors (Lipinski definition) is 3. The molecule has 2 atom stereocenters. The Morgan fingerprint density at radius 1 is 1.32 bits per heavy atom. The monoisotopic (exact) mass is 460 g/mol. The Hall–Kier alpha value is -1.02. The molecule has 2 rings (SSSR count). The normalized spacial score (nSPS) is 18.8. The molecule has 0 bridgehead atoms. The molecule has 0 spiro atoms. The molecule has 1 aliphatic heterocycles. The van der Waals surface area contributed by atoms with Crippen molar-refractivity contribution in [2.24, 2.45) is 16.8 Å². The SMILES string of the molecule is CN=C(NCC(Nc1ccccc1)C(C)C)N1CCC(COC)C1.I. The van der Waals surface area contributed by atoms with Crippen LogP contribution in [0.2, 0.25) is 0 Å². The maximum atomic E-state index is 5.29. The van der Waals surface area contributed by atoms with Crippen LogP contribution in [-0.2, 0) is 4.74 Å². The molecule has 0 radical (unpaired) electrons. The van der Waals surface area contributed by atoms with Gasteiger partial charge in [0.05, 0.1) is 6.61 Å². The van der Waals surface area contributed by atoms with Gasteiger partial charge in [-0.3, -0.25) is 4.99 Å². The molecule has 1 heterocycles. The van der Waals surface area contributed by atoms with Crippen LogP contribution < -0.4 is 10.6 Å². The van der Waals surface area contributed by atoms with Crippen molar-refractivity contribution in [3.8, 4) is 0 Å². The van der Waals surface area contributed by atoms with Gasteiger partial charge in [-0.05, 0) is 24.5 Å². The van der Waals surface area contributed by atoms with E-state index in [1.165, 1.54) is 6.42 Å². The molecule has 1 saturated heterocycles. The number of benzene rings is 1. The standard InChI is InChI=1S/C19H32N4O.HI/c1-15(2)18(22-17-8-6-5-7-9-17)12-21-19(20-3)23-11-10-16(13-23)14-24-4;/h5-9,15-16,18,22H,10-14H2,1-4H3,(H,20,21);1H. The molecule has 25 heavy (non-hydrogen) atoms. The Bertz CT molecular complexity index is 509. The lowest BCUT2D eigenvalue weighted by molar-refractivity contribution is 0.157. The minimum absolute atomic E-state index is 0. The largest absolute Gasteiger partial charge is 0.384 e. The van der Waals surface area contributed by atoms with Crippen LogP contribution in [0.25, 0.3) is 0 Å². The lowest BCUT2D eigenvalue weighted by Gasteiger charge is -2.27. The summed E-state index contributed by atoms with van der Waals surface area (Å²) in [6.45, 7) is 8.24. The maximum Gasteiger partial charge on any atom is 0.193 e. The predicted octanol–water partition coefficient (Wildman–Crippen LogP) is 3.28. The van der Waals surface area contributed by atoms with Crippen LogP contribution in [0, 0.1) is 11.8 Å². The third-order valence-corrected chi connectivity index (χ3v) is 4.61. The zero-order valence-corrected chi connectivity index (χ0v) is 18.2. The quantitative estimate of drug-likeness (QED) is 0.373. The lowest BCUT2D eigenvalue weighted by Crippen LogP contribution is -2.46. The van der Waals surface area contributed by atoms with Gasteiger partial charge >= 0.3 is 0 Å². The van der Waals surface area contributed by atoms with Gasteiger partial charge in [0.15, 0.2) is 5.96 Å². The summed E-state index contributed by atoms with van der Waals surface area (Å²) in [4.78, 5) is 6.80. The molecule has 2 N–H and O–H groups in total. The molecular weight excluding hydrogens is 427 g/mol. The summed E-state index contributed by atoms with van der Waals surface area (Å²) in [5, 5.41) is 7.17. The first-order chi connectivity index (χ1) is 11.6. The van der Waals surface area contributed by atoms with Crippen LogP contribution in [0.3, 0.4) is 0 Å². The average Bonchev–Trinajstić information content (AvgIpc) is 3.04. The third-order valence-electron chi connectivity index (χ3n) is 4.61. The van der Waals surface area contributed by atoms with Crippen molar-refractivity contribution in [3.63, 3.8) is 0 Å². The van der Waals surface area contributed by atoms with Gasteiger partial charge in [-0.15, -0.1) is 24.0 Å². The van der Waals surface area contributed by atoms with E-state index >= 15 is 0 Å².